The fourth-order valence-corrected chi connectivity index (χ4v) is 2.41. The Hall–Kier alpha value is -0.650. The summed E-state index contributed by atoms with van der Waals surface area (Å²) in [6.45, 7) is 1.60. The molecule has 0 aliphatic carbocycles. The maximum atomic E-state index is 5.38. The van der Waals surface area contributed by atoms with Crippen LogP contribution in [0, 0.1) is 11.2 Å². The van der Waals surface area contributed by atoms with Crippen LogP contribution < -0.4 is 10.2 Å². The lowest BCUT2D eigenvalue weighted by molar-refractivity contribution is 0.195. The molecule has 0 saturated carbocycles. The van der Waals surface area contributed by atoms with E-state index in [1.54, 1.807) is 0 Å². The maximum absolute atomic E-state index is 5.38. The van der Waals surface area contributed by atoms with E-state index in [1.165, 1.54) is 8.93 Å². The number of hydrogen-bond acceptors (Lipinski definition) is 5. The molecule has 2 heterocycles. The molecule has 1 atom stereocenters. The fourth-order valence-electron chi connectivity index (χ4n) is 1.93. The second-order valence-corrected chi connectivity index (χ2v) is 6.17. The van der Waals surface area contributed by atoms with Crippen molar-refractivity contribution >= 4 is 41.5 Å². The van der Waals surface area contributed by atoms with Crippen LogP contribution >= 0.6 is 30.1 Å². The van der Waals surface area contributed by atoms with Crippen LogP contribution in [0.15, 0.2) is 12.3 Å². The van der Waals surface area contributed by atoms with Crippen LogP contribution in [0.5, 0.6) is 0 Å². The first-order chi connectivity index (χ1) is 9.20. The lowest BCUT2D eigenvalue weighted by Gasteiger charge is -2.20. The molecule has 1 fully saturated rings. The molecule has 1 aromatic rings. The zero-order valence-electron chi connectivity index (χ0n) is 10.9. The monoisotopic (exact) mass is 389 g/mol. The first-order valence-electron chi connectivity index (χ1n) is 6.01. The minimum absolute atomic E-state index is 0.377. The fraction of sp³-hybridized carbons (Fsp3) is 0.462. The number of ether oxygens (including phenoxy) is 1. The summed E-state index contributed by atoms with van der Waals surface area (Å²) in [7, 11) is 5.51. The molecule has 1 aliphatic rings. The number of rotatable bonds is 3. The Morgan fingerprint density at radius 1 is 1.58 bits per heavy atom. The van der Waals surface area contributed by atoms with Crippen LogP contribution in [-0.4, -0.2) is 38.3 Å². The molecule has 1 unspecified atom stereocenters. The number of anilines is 2. The van der Waals surface area contributed by atoms with Gasteiger partial charge in [0.25, 0.3) is 0 Å². The smallest absolute Gasteiger partial charge is 0.116 e. The second kappa shape index (κ2) is 7.22. The highest BCUT2D eigenvalue weighted by atomic mass is 127. The zero-order valence-corrected chi connectivity index (χ0v) is 13.9. The van der Waals surface area contributed by atoms with E-state index in [9.17, 15) is 0 Å². The highest BCUT2D eigenvalue weighted by Gasteiger charge is 2.17. The topological polar surface area (TPSA) is 37.4 Å². The van der Waals surface area contributed by atoms with Crippen molar-refractivity contribution in [2.75, 3.05) is 37.5 Å². The van der Waals surface area contributed by atoms with Crippen molar-refractivity contribution in [2.24, 2.45) is 0 Å². The predicted octanol–water partition coefficient (Wildman–Crippen LogP) is 2.74. The Balaban J connectivity index is 2.21. The SMILES string of the molecule is CN(C)c1cc(C#CSI)ncc1NC1CCOC1. The van der Waals surface area contributed by atoms with Gasteiger partial charge in [-0.3, -0.25) is 0 Å². The van der Waals surface area contributed by atoms with Gasteiger partial charge < -0.3 is 15.0 Å². The summed E-state index contributed by atoms with van der Waals surface area (Å²) >= 11 is 2.15. The molecule has 1 N–H and O–H groups in total. The normalized spacial score (nSPS) is 17.7. The highest BCUT2D eigenvalue weighted by molar-refractivity contribution is 14.2. The summed E-state index contributed by atoms with van der Waals surface area (Å²) in [6.07, 6.45) is 2.90. The van der Waals surface area contributed by atoms with Gasteiger partial charge in [0.05, 0.1) is 30.2 Å². The molecule has 2 rings (SSSR count). The standard InChI is InChI=1S/C13H16IN3OS/c1-17(2)13-7-10(4-6-19-14)15-8-12(13)16-11-3-5-18-9-11/h7-8,11,16H,3,5,9H2,1-2H3. The van der Waals surface area contributed by atoms with Crippen LogP contribution in [0.25, 0.3) is 0 Å². The third kappa shape index (κ3) is 4.16. The quantitative estimate of drug-likeness (QED) is 0.636. The average molecular weight is 389 g/mol. The van der Waals surface area contributed by atoms with Crippen LogP contribution in [0.3, 0.4) is 0 Å². The summed E-state index contributed by atoms with van der Waals surface area (Å²) in [4.78, 5) is 6.45. The Kier molecular flexibility index (Phi) is 5.60. The molecule has 0 aromatic carbocycles. The largest absolute Gasteiger partial charge is 0.379 e. The first-order valence-corrected chi connectivity index (χ1v) is 9.37. The molecule has 6 heteroatoms. The van der Waals surface area contributed by atoms with Gasteiger partial charge in [-0.2, -0.15) is 0 Å². The van der Waals surface area contributed by atoms with Crippen molar-refractivity contribution in [3.05, 3.63) is 18.0 Å². The number of hydrogen-bond donors (Lipinski definition) is 1. The molecular weight excluding hydrogens is 373 g/mol. The van der Waals surface area contributed by atoms with Crippen molar-refractivity contribution in [3.8, 4) is 11.2 Å². The van der Waals surface area contributed by atoms with Gasteiger partial charge in [0.15, 0.2) is 0 Å². The summed E-state index contributed by atoms with van der Waals surface area (Å²) in [5, 5.41) is 6.45. The van der Waals surface area contributed by atoms with Crippen molar-refractivity contribution in [1.29, 1.82) is 0 Å². The van der Waals surface area contributed by atoms with Gasteiger partial charge in [0.1, 0.15) is 5.69 Å². The molecular formula is C13H16IN3OS. The van der Waals surface area contributed by atoms with Gasteiger partial charge >= 0.3 is 0 Å². The van der Waals surface area contributed by atoms with E-state index in [0.717, 1.165) is 36.7 Å². The third-order valence-corrected chi connectivity index (χ3v) is 3.71. The van der Waals surface area contributed by atoms with E-state index in [-0.39, 0.29) is 0 Å². The number of halogens is 1. The van der Waals surface area contributed by atoms with Crippen molar-refractivity contribution in [3.63, 3.8) is 0 Å². The number of nitrogens with zero attached hydrogens (tertiary/aromatic N) is 2. The van der Waals surface area contributed by atoms with Crippen LogP contribution in [0.1, 0.15) is 12.1 Å². The lowest BCUT2D eigenvalue weighted by Crippen LogP contribution is -2.21. The Morgan fingerprint density at radius 2 is 2.42 bits per heavy atom. The second-order valence-electron chi connectivity index (χ2n) is 4.49. The number of pyridine rings is 1. The summed E-state index contributed by atoms with van der Waals surface area (Å²) in [5.41, 5.74) is 2.93. The minimum atomic E-state index is 0.377. The molecule has 0 radical (unpaired) electrons. The molecule has 102 valence electrons. The third-order valence-electron chi connectivity index (χ3n) is 2.87. The van der Waals surface area contributed by atoms with Gasteiger partial charge in [-0.15, -0.1) is 0 Å². The number of aromatic nitrogens is 1. The highest BCUT2D eigenvalue weighted by Crippen LogP contribution is 2.26. The summed E-state index contributed by atoms with van der Waals surface area (Å²) in [5.74, 6) is 3.03. The van der Waals surface area contributed by atoms with Crippen LogP contribution in [0.2, 0.25) is 0 Å². The van der Waals surface area contributed by atoms with E-state index < -0.39 is 0 Å². The van der Waals surface area contributed by atoms with E-state index in [0.29, 0.717) is 6.04 Å². The van der Waals surface area contributed by atoms with Gasteiger partial charge in [-0.1, -0.05) is 0 Å². The van der Waals surface area contributed by atoms with Crippen molar-refractivity contribution in [1.82, 2.24) is 4.98 Å². The van der Waals surface area contributed by atoms with Gasteiger partial charge in [0, 0.05) is 41.9 Å². The Morgan fingerprint density at radius 3 is 3.05 bits per heavy atom. The van der Waals surface area contributed by atoms with Crippen molar-refractivity contribution in [2.45, 2.75) is 12.5 Å². The predicted molar refractivity (Wildman–Crippen MR) is 89.9 cm³/mol. The van der Waals surface area contributed by atoms with Crippen LogP contribution in [0.4, 0.5) is 11.4 Å². The van der Waals surface area contributed by atoms with Gasteiger partial charge in [-0.05, 0) is 32.6 Å². The molecule has 0 amide bonds. The van der Waals surface area contributed by atoms with Gasteiger partial charge in [0.2, 0.25) is 0 Å². The summed E-state index contributed by atoms with van der Waals surface area (Å²) < 4.78 is 5.38. The summed E-state index contributed by atoms with van der Waals surface area (Å²) in [6, 6.07) is 2.39. The number of nitrogens with one attached hydrogen (secondary N) is 1. The molecule has 1 aliphatic heterocycles. The molecule has 0 spiro atoms. The molecule has 1 saturated heterocycles. The Bertz CT molecular complexity index is 492. The lowest BCUT2D eigenvalue weighted by atomic mass is 10.2. The van der Waals surface area contributed by atoms with Gasteiger partial charge in [-0.25, -0.2) is 4.98 Å². The molecule has 19 heavy (non-hydrogen) atoms. The molecule has 1 aromatic heterocycles. The average Bonchev–Trinajstić information content (AvgIpc) is 2.90. The van der Waals surface area contributed by atoms with E-state index in [1.807, 2.05) is 26.4 Å². The first kappa shape index (κ1) is 14.8. The molecule has 0 bridgehead atoms. The Labute approximate surface area is 130 Å². The van der Waals surface area contributed by atoms with E-state index >= 15 is 0 Å². The minimum Gasteiger partial charge on any atom is -0.379 e. The molecule has 4 nitrogen and oxygen atoms in total. The maximum Gasteiger partial charge on any atom is 0.116 e. The zero-order chi connectivity index (χ0) is 13.7. The van der Waals surface area contributed by atoms with E-state index in [4.69, 9.17) is 4.74 Å². The van der Waals surface area contributed by atoms with E-state index in [2.05, 4.69) is 47.6 Å². The van der Waals surface area contributed by atoms with Crippen LogP contribution in [-0.2, 0) is 4.74 Å². The van der Waals surface area contributed by atoms with Crippen molar-refractivity contribution < 1.29 is 4.74 Å².